The maximum absolute atomic E-state index is 5.88. The molecule has 20 heavy (non-hydrogen) atoms. The van der Waals surface area contributed by atoms with E-state index in [1.54, 1.807) is 0 Å². The summed E-state index contributed by atoms with van der Waals surface area (Å²) in [6.07, 6.45) is 1.24. The van der Waals surface area contributed by atoms with Crippen LogP contribution in [-0.4, -0.2) is 44.2 Å². The second kappa shape index (κ2) is 6.25. The van der Waals surface area contributed by atoms with Crippen LogP contribution in [0.3, 0.4) is 0 Å². The average molecular weight is 270 g/mol. The molecule has 1 aliphatic heterocycles. The summed E-state index contributed by atoms with van der Waals surface area (Å²) in [6, 6.07) is 15.3. The summed E-state index contributed by atoms with van der Waals surface area (Å²) in [5, 5.41) is 5.89. The molecule has 3 nitrogen and oxygen atoms in total. The van der Waals surface area contributed by atoms with E-state index in [0.29, 0.717) is 6.04 Å². The fourth-order valence-electron chi connectivity index (χ4n) is 2.76. The number of nitrogens with one attached hydrogen (secondary N) is 1. The molecule has 1 aliphatic rings. The Kier molecular flexibility index (Phi) is 4.19. The van der Waals surface area contributed by atoms with Crippen molar-refractivity contribution < 1.29 is 4.74 Å². The molecule has 106 valence electrons. The molecule has 0 aliphatic carbocycles. The molecule has 0 radical (unpaired) electrons. The Labute approximate surface area is 120 Å². The normalized spacial score (nSPS) is 18.8. The predicted octanol–water partition coefficient (Wildman–Crippen LogP) is 2.51. The molecule has 0 saturated carbocycles. The van der Waals surface area contributed by atoms with Gasteiger partial charge in [0.05, 0.1) is 0 Å². The Morgan fingerprint density at radius 1 is 1.20 bits per heavy atom. The fourth-order valence-corrected chi connectivity index (χ4v) is 2.76. The second-order valence-electron chi connectivity index (χ2n) is 5.48. The van der Waals surface area contributed by atoms with Gasteiger partial charge in [-0.2, -0.15) is 0 Å². The Morgan fingerprint density at radius 2 is 2.05 bits per heavy atom. The number of hydrogen-bond acceptors (Lipinski definition) is 3. The predicted molar refractivity (Wildman–Crippen MR) is 83.3 cm³/mol. The summed E-state index contributed by atoms with van der Waals surface area (Å²) in [7, 11) is 2.18. The molecule has 3 heteroatoms. The van der Waals surface area contributed by atoms with E-state index in [1.165, 1.54) is 17.2 Å². The third-order valence-electron chi connectivity index (χ3n) is 4.09. The van der Waals surface area contributed by atoms with Crippen LogP contribution >= 0.6 is 0 Å². The van der Waals surface area contributed by atoms with Crippen molar-refractivity contribution in [3.8, 4) is 5.75 Å². The lowest BCUT2D eigenvalue weighted by Gasteiger charge is -2.23. The molecule has 0 bridgehead atoms. The lowest BCUT2D eigenvalue weighted by Crippen LogP contribution is -2.36. The summed E-state index contributed by atoms with van der Waals surface area (Å²) >= 11 is 0. The minimum atomic E-state index is 0.662. The molecule has 2 aromatic rings. The average Bonchev–Trinajstić information content (AvgIpc) is 3.01. The number of ether oxygens (including phenoxy) is 1. The minimum absolute atomic E-state index is 0.662. The molecule has 0 spiro atoms. The topological polar surface area (TPSA) is 24.5 Å². The van der Waals surface area contributed by atoms with E-state index < -0.39 is 0 Å². The third-order valence-corrected chi connectivity index (χ3v) is 4.09. The van der Waals surface area contributed by atoms with Gasteiger partial charge in [-0.1, -0.05) is 30.3 Å². The molecule has 1 N–H and O–H groups in total. The van der Waals surface area contributed by atoms with Crippen molar-refractivity contribution in [2.75, 3.05) is 33.3 Å². The summed E-state index contributed by atoms with van der Waals surface area (Å²) in [6.45, 7) is 3.96. The number of hydrogen-bond donors (Lipinski definition) is 1. The van der Waals surface area contributed by atoms with E-state index in [1.807, 2.05) is 0 Å². The molecule has 3 rings (SSSR count). The van der Waals surface area contributed by atoms with Crippen molar-refractivity contribution >= 4 is 10.8 Å². The molecule has 1 atom stereocenters. The molecule has 0 amide bonds. The van der Waals surface area contributed by atoms with E-state index in [9.17, 15) is 0 Å². The van der Waals surface area contributed by atoms with Crippen LogP contribution in [0.2, 0.25) is 0 Å². The SMILES string of the molecule is CN(CCOc1ccc2ccccc2c1)C1CCNC1. The molecule has 1 unspecified atom stereocenters. The molecule has 0 aromatic heterocycles. The van der Waals surface area contributed by atoms with Crippen molar-refractivity contribution in [2.45, 2.75) is 12.5 Å². The van der Waals surface area contributed by atoms with Gasteiger partial charge in [0.25, 0.3) is 0 Å². The van der Waals surface area contributed by atoms with Crippen LogP contribution in [0.4, 0.5) is 0 Å². The molecule has 1 saturated heterocycles. The first kappa shape index (κ1) is 13.4. The zero-order valence-corrected chi connectivity index (χ0v) is 12.0. The smallest absolute Gasteiger partial charge is 0.120 e. The van der Waals surface area contributed by atoms with E-state index >= 15 is 0 Å². The first-order chi connectivity index (χ1) is 9.83. The summed E-state index contributed by atoms with van der Waals surface area (Å²) in [5.41, 5.74) is 0. The van der Waals surface area contributed by atoms with Crippen LogP contribution < -0.4 is 10.1 Å². The zero-order chi connectivity index (χ0) is 13.8. The van der Waals surface area contributed by atoms with Crippen molar-refractivity contribution in [1.82, 2.24) is 10.2 Å². The van der Waals surface area contributed by atoms with Crippen LogP contribution in [0.25, 0.3) is 10.8 Å². The highest BCUT2D eigenvalue weighted by Gasteiger charge is 2.18. The van der Waals surface area contributed by atoms with Crippen molar-refractivity contribution in [3.05, 3.63) is 42.5 Å². The molecular formula is C17H22N2O. The van der Waals surface area contributed by atoms with Gasteiger partial charge in [-0.3, -0.25) is 4.90 Å². The highest BCUT2D eigenvalue weighted by Crippen LogP contribution is 2.20. The van der Waals surface area contributed by atoms with Gasteiger partial charge in [0.2, 0.25) is 0 Å². The van der Waals surface area contributed by atoms with Gasteiger partial charge in [-0.25, -0.2) is 0 Å². The Balaban J connectivity index is 1.54. The Hall–Kier alpha value is -1.58. The van der Waals surface area contributed by atoms with E-state index in [-0.39, 0.29) is 0 Å². The second-order valence-corrected chi connectivity index (χ2v) is 5.48. The first-order valence-corrected chi connectivity index (χ1v) is 7.35. The maximum atomic E-state index is 5.88. The zero-order valence-electron chi connectivity index (χ0n) is 12.0. The standard InChI is InChI=1S/C17H22N2O/c1-19(16-8-9-18-13-16)10-11-20-17-7-6-14-4-2-3-5-15(14)12-17/h2-7,12,16,18H,8-11,13H2,1H3. The van der Waals surface area contributed by atoms with Crippen molar-refractivity contribution in [3.63, 3.8) is 0 Å². The summed E-state index contributed by atoms with van der Waals surface area (Å²) in [5.74, 6) is 0.960. The van der Waals surface area contributed by atoms with Gasteiger partial charge in [-0.15, -0.1) is 0 Å². The van der Waals surface area contributed by atoms with Crippen LogP contribution in [0.1, 0.15) is 6.42 Å². The lowest BCUT2D eigenvalue weighted by molar-refractivity contribution is 0.199. The molecule has 1 fully saturated rings. The van der Waals surface area contributed by atoms with Crippen LogP contribution in [0.15, 0.2) is 42.5 Å². The third kappa shape index (κ3) is 3.11. The van der Waals surface area contributed by atoms with Crippen LogP contribution in [-0.2, 0) is 0 Å². The van der Waals surface area contributed by atoms with Gasteiger partial charge in [0.1, 0.15) is 12.4 Å². The summed E-state index contributed by atoms with van der Waals surface area (Å²) in [4.78, 5) is 2.39. The van der Waals surface area contributed by atoms with Crippen LogP contribution in [0.5, 0.6) is 5.75 Å². The van der Waals surface area contributed by atoms with Gasteiger partial charge < -0.3 is 10.1 Å². The van der Waals surface area contributed by atoms with E-state index in [2.05, 4.69) is 59.7 Å². The van der Waals surface area contributed by atoms with Gasteiger partial charge in [0, 0.05) is 19.1 Å². The number of benzene rings is 2. The number of rotatable bonds is 5. The maximum Gasteiger partial charge on any atom is 0.120 e. The highest BCUT2D eigenvalue weighted by molar-refractivity contribution is 5.83. The summed E-state index contributed by atoms with van der Waals surface area (Å²) < 4.78 is 5.88. The fraction of sp³-hybridized carbons (Fsp3) is 0.412. The van der Waals surface area contributed by atoms with Gasteiger partial charge in [-0.05, 0) is 42.9 Å². The molecule has 1 heterocycles. The minimum Gasteiger partial charge on any atom is -0.492 e. The number of likely N-dealkylation sites (N-methyl/N-ethyl adjacent to an activating group) is 1. The molecule has 2 aromatic carbocycles. The Morgan fingerprint density at radius 3 is 2.85 bits per heavy atom. The van der Waals surface area contributed by atoms with E-state index in [0.717, 1.165) is 32.0 Å². The Bertz CT molecular complexity index is 564. The van der Waals surface area contributed by atoms with Crippen molar-refractivity contribution in [2.24, 2.45) is 0 Å². The highest BCUT2D eigenvalue weighted by atomic mass is 16.5. The largest absolute Gasteiger partial charge is 0.492 e. The number of fused-ring (bicyclic) bond motifs is 1. The lowest BCUT2D eigenvalue weighted by atomic mass is 10.1. The quantitative estimate of drug-likeness (QED) is 0.903. The monoisotopic (exact) mass is 270 g/mol. The van der Waals surface area contributed by atoms with Gasteiger partial charge >= 0.3 is 0 Å². The molecular weight excluding hydrogens is 248 g/mol. The van der Waals surface area contributed by atoms with Gasteiger partial charge in [0.15, 0.2) is 0 Å². The van der Waals surface area contributed by atoms with Crippen molar-refractivity contribution in [1.29, 1.82) is 0 Å². The number of nitrogens with zero attached hydrogens (tertiary/aromatic N) is 1. The van der Waals surface area contributed by atoms with Crippen LogP contribution in [0, 0.1) is 0 Å². The first-order valence-electron chi connectivity index (χ1n) is 7.35. The van der Waals surface area contributed by atoms with E-state index in [4.69, 9.17) is 4.74 Å².